The van der Waals surface area contributed by atoms with E-state index in [1.165, 1.54) is 51.5 Å². The molecule has 0 radical (unpaired) electrons. The molecule has 1 fully saturated rings. The van der Waals surface area contributed by atoms with Crippen molar-refractivity contribution in [3.05, 3.63) is 0 Å². The molecular weight excluding hydrogens is 210 g/mol. The molecule has 0 spiro atoms. The molecule has 1 rings (SSSR count). The van der Waals surface area contributed by atoms with Crippen molar-refractivity contribution in [1.29, 1.82) is 0 Å². The largest absolute Gasteiger partial charge is 0.379 e. The van der Waals surface area contributed by atoms with Crippen molar-refractivity contribution in [2.75, 3.05) is 13.2 Å². The second-order valence-electron chi connectivity index (χ2n) is 5.64. The Bertz CT molecular complexity index is 182. The highest BCUT2D eigenvalue weighted by Crippen LogP contribution is 2.26. The lowest BCUT2D eigenvalue weighted by molar-refractivity contribution is 0.0757. The van der Waals surface area contributed by atoms with Gasteiger partial charge in [0.2, 0.25) is 0 Å². The second kappa shape index (κ2) is 8.93. The van der Waals surface area contributed by atoms with Crippen molar-refractivity contribution in [3.63, 3.8) is 0 Å². The Morgan fingerprint density at radius 2 is 1.94 bits per heavy atom. The van der Waals surface area contributed by atoms with Crippen LogP contribution in [0.15, 0.2) is 0 Å². The topological polar surface area (TPSA) is 21.3 Å². The van der Waals surface area contributed by atoms with Crippen LogP contribution in [0.2, 0.25) is 0 Å². The van der Waals surface area contributed by atoms with E-state index in [4.69, 9.17) is 4.74 Å². The van der Waals surface area contributed by atoms with E-state index in [0.29, 0.717) is 6.10 Å². The van der Waals surface area contributed by atoms with Gasteiger partial charge in [0, 0.05) is 12.6 Å². The highest BCUT2D eigenvalue weighted by molar-refractivity contribution is 4.79. The van der Waals surface area contributed by atoms with Gasteiger partial charge in [-0.15, -0.1) is 0 Å². The van der Waals surface area contributed by atoms with Crippen LogP contribution < -0.4 is 5.32 Å². The minimum absolute atomic E-state index is 0.380. The van der Waals surface area contributed by atoms with Crippen LogP contribution in [0.5, 0.6) is 0 Å². The van der Waals surface area contributed by atoms with Crippen LogP contribution in [0, 0.1) is 5.92 Å². The molecule has 0 aliphatic heterocycles. The van der Waals surface area contributed by atoms with Crippen molar-refractivity contribution in [2.24, 2.45) is 5.92 Å². The average molecular weight is 241 g/mol. The Labute approximate surface area is 108 Å². The third-order valence-corrected chi connectivity index (χ3v) is 3.86. The first-order valence-corrected chi connectivity index (χ1v) is 7.59. The van der Waals surface area contributed by atoms with E-state index >= 15 is 0 Å². The number of rotatable bonds is 8. The molecule has 0 aromatic heterocycles. The first kappa shape index (κ1) is 15.0. The van der Waals surface area contributed by atoms with E-state index < -0.39 is 0 Å². The van der Waals surface area contributed by atoms with Gasteiger partial charge in [0.15, 0.2) is 0 Å². The van der Waals surface area contributed by atoms with Crippen molar-refractivity contribution in [2.45, 2.75) is 77.9 Å². The van der Waals surface area contributed by atoms with Crippen molar-refractivity contribution in [3.8, 4) is 0 Å². The number of nitrogens with one attached hydrogen (secondary N) is 1. The predicted molar refractivity (Wildman–Crippen MR) is 74.4 cm³/mol. The molecule has 0 aromatic rings. The van der Waals surface area contributed by atoms with Crippen LogP contribution >= 0.6 is 0 Å². The van der Waals surface area contributed by atoms with E-state index in [0.717, 1.165) is 18.6 Å². The Hall–Kier alpha value is -0.0800. The molecule has 2 unspecified atom stereocenters. The number of hydrogen-bond acceptors (Lipinski definition) is 2. The summed E-state index contributed by atoms with van der Waals surface area (Å²) >= 11 is 0. The molecule has 2 nitrogen and oxygen atoms in total. The van der Waals surface area contributed by atoms with E-state index in [9.17, 15) is 0 Å². The Morgan fingerprint density at radius 3 is 2.65 bits per heavy atom. The molecule has 1 saturated carbocycles. The van der Waals surface area contributed by atoms with Crippen LogP contribution in [-0.2, 0) is 4.74 Å². The lowest BCUT2D eigenvalue weighted by atomic mass is 9.83. The van der Waals surface area contributed by atoms with Gasteiger partial charge in [0.25, 0.3) is 0 Å². The smallest absolute Gasteiger partial charge is 0.0518 e. The minimum Gasteiger partial charge on any atom is -0.379 e. The quantitative estimate of drug-likeness (QED) is 0.653. The number of ether oxygens (including phenoxy) is 1. The number of unbranched alkanes of at least 4 members (excludes halogenated alkanes) is 1. The second-order valence-corrected chi connectivity index (χ2v) is 5.64. The summed E-state index contributed by atoms with van der Waals surface area (Å²) in [4.78, 5) is 0. The lowest BCUT2D eigenvalue weighted by Crippen LogP contribution is -2.38. The summed E-state index contributed by atoms with van der Waals surface area (Å²) < 4.78 is 5.55. The molecule has 2 atom stereocenters. The van der Waals surface area contributed by atoms with Gasteiger partial charge in [-0.25, -0.2) is 0 Å². The summed E-state index contributed by atoms with van der Waals surface area (Å²) in [5.41, 5.74) is 0. The maximum Gasteiger partial charge on any atom is 0.0518 e. The Kier molecular flexibility index (Phi) is 7.87. The maximum atomic E-state index is 5.55. The van der Waals surface area contributed by atoms with E-state index in [1.807, 2.05) is 0 Å². The van der Waals surface area contributed by atoms with Gasteiger partial charge in [-0.3, -0.25) is 0 Å². The molecule has 17 heavy (non-hydrogen) atoms. The molecule has 102 valence electrons. The van der Waals surface area contributed by atoms with Crippen molar-refractivity contribution < 1.29 is 4.74 Å². The van der Waals surface area contributed by atoms with Gasteiger partial charge in [-0.05, 0) is 52.0 Å². The Balaban J connectivity index is 2.01. The fraction of sp³-hybridized carbons (Fsp3) is 1.00. The lowest BCUT2D eigenvalue weighted by Gasteiger charge is -2.31. The summed E-state index contributed by atoms with van der Waals surface area (Å²) in [5, 5.41) is 3.76. The number of hydrogen-bond donors (Lipinski definition) is 1. The third kappa shape index (κ3) is 6.42. The van der Waals surface area contributed by atoms with Gasteiger partial charge in [-0.2, -0.15) is 0 Å². The van der Waals surface area contributed by atoms with Gasteiger partial charge in [0.1, 0.15) is 0 Å². The zero-order valence-corrected chi connectivity index (χ0v) is 12.0. The van der Waals surface area contributed by atoms with Gasteiger partial charge in [-0.1, -0.05) is 26.2 Å². The molecule has 2 heteroatoms. The third-order valence-electron chi connectivity index (χ3n) is 3.86. The predicted octanol–water partition coefficient (Wildman–Crippen LogP) is 3.75. The summed E-state index contributed by atoms with van der Waals surface area (Å²) in [6, 6.07) is 0.791. The molecule has 0 bridgehead atoms. The minimum atomic E-state index is 0.380. The van der Waals surface area contributed by atoms with E-state index in [-0.39, 0.29) is 0 Å². The van der Waals surface area contributed by atoms with Crippen LogP contribution in [0.25, 0.3) is 0 Å². The molecule has 1 aliphatic rings. The molecule has 1 aliphatic carbocycles. The first-order valence-electron chi connectivity index (χ1n) is 7.59. The van der Waals surface area contributed by atoms with Crippen molar-refractivity contribution >= 4 is 0 Å². The maximum absolute atomic E-state index is 5.55. The average Bonchev–Trinajstić information content (AvgIpc) is 2.33. The zero-order chi connectivity index (χ0) is 12.5. The standard InChI is InChI=1S/C15H31NO/c1-4-14-9-5-6-10-15(14)16-11-7-8-12-17-13(2)3/h13-16H,4-12H2,1-3H3. The van der Waals surface area contributed by atoms with Crippen LogP contribution in [-0.4, -0.2) is 25.3 Å². The zero-order valence-electron chi connectivity index (χ0n) is 12.0. The molecule has 0 saturated heterocycles. The monoisotopic (exact) mass is 241 g/mol. The van der Waals surface area contributed by atoms with E-state index in [2.05, 4.69) is 26.1 Å². The summed E-state index contributed by atoms with van der Waals surface area (Å²) in [6.45, 7) is 8.63. The summed E-state index contributed by atoms with van der Waals surface area (Å²) in [6.07, 6.45) is 9.85. The van der Waals surface area contributed by atoms with Crippen LogP contribution in [0.4, 0.5) is 0 Å². The summed E-state index contributed by atoms with van der Waals surface area (Å²) in [7, 11) is 0. The molecule has 0 aromatic carbocycles. The molecule has 0 amide bonds. The normalized spacial score (nSPS) is 25.4. The van der Waals surface area contributed by atoms with Crippen molar-refractivity contribution in [1.82, 2.24) is 5.32 Å². The van der Waals surface area contributed by atoms with Crippen LogP contribution in [0.3, 0.4) is 0 Å². The molecular formula is C15H31NO. The van der Waals surface area contributed by atoms with Gasteiger partial charge < -0.3 is 10.1 Å². The van der Waals surface area contributed by atoms with Gasteiger partial charge >= 0.3 is 0 Å². The first-order chi connectivity index (χ1) is 8.24. The SMILES string of the molecule is CCC1CCCCC1NCCCCOC(C)C. The highest BCUT2D eigenvalue weighted by atomic mass is 16.5. The molecule has 1 N–H and O–H groups in total. The van der Waals surface area contributed by atoms with Gasteiger partial charge in [0.05, 0.1) is 6.10 Å². The summed E-state index contributed by atoms with van der Waals surface area (Å²) in [5.74, 6) is 0.927. The molecule has 0 heterocycles. The Morgan fingerprint density at radius 1 is 1.18 bits per heavy atom. The fourth-order valence-corrected chi connectivity index (χ4v) is 2.80. The highest BCUT2D eigenvalue weighted by Gasteiger charge is 2.22. The van der Waals surface area contributed by atoms with E-state index in [1.54, 1.807) is 0 Å². The fourth-order valence-electron chi connectivity index (χ4n) is 2.80. The van der Waals surface area contributed by atoms with Crippen LogP contribution in [0.1, 0.15) is 65.7 Å².